The van der Waals surface area contributed by atoms with Crippen molar-refractivity contribution < 1.29 is 0 Å². The molecule has 0 unspecified atom stereocenters. The van der Waals surface area contributed by atoms with Gasteiger partial charge in [-0.1, -0.05) is 6.07 Å². The summed E-state index contributed by atoms with van der Waals surface area (Å²) >= 11 is 0. The molecular weight excluding hydrogens is 262 g/mol. The molecular formula is C16H25N5. The Bertz CT molecular complexity index is 596. The molecule has 0 aliphatic carbocycles. The Hall–Kier alpha value is -1.46. The third-order valence-electron chi connectivity index (χ3n) is 4.56. The van der Waals surface area contributed by atoms with Gasteiger partial charge in [-0.3, -0.25) is 0 Å². The summed E-state index contributed by atoms with van der Waals surface area (Å²) in [6.45, 7) is 7.46. The van der Waals surface area contributed by atoms with Crippen molar-refractivity contribution in [3.05, 3.63) is 29.7 Å². The van der Waals surface area contributed by atoms with Gasteiger partial charge in [0.1, 0.15) is 0 Å². The Kier molecular flexibility index (Phi) is 4.22. The fourth-order valence-electron chi connectivity index (χ4n) is 3.18. The highest BCUT2D eigenvalue weighted by molar-refractivity contribution is 5.46. The van der Waals surface area contributed by atoms with E-state index in [1.54, 1.807) is 0 Å². The van der Waals surface area contributed by atoms with Crippen LogP contribution in [0.1, 0.15) is 38.1 Å². The number of fused-ring (bicyclic) bond motifs is 1. The van der Waals surface area contributed by atoms with Crippen LogP contribution < -0.4 is 5.73 Å². The minimum Gasteiger partial charge on any atom is -0.326 e. The van der Waals surface area contributed by atoms with E-state index >= 15 is 0 Å². The van der Waals surface area contributed by atoms with Gasteiger partial charge in [0.15, 0.2) is 11.5 Å². The molecule has 5 nitrogen and oxygen atoms in total. The molecule has 0 aromatic carbocycles. The number of likely N-dealkylation sites (tertiary alicyclic amines) is 1. The molecule has 1 aliphatic heterocycles. The maximum absolute atomic E-state index is 5.77. The molecule has 0 saturated carbocycles. The summed E-state index contributed by atoms with van der Waals surface area (Å²) in [6, 6.07) is 4.66. The molecule has 114 valence electrons. The molecule has 2 aromatic rings. The van der Waals surface area contributed by atoms with Gasteiger partial charge >= 0.3 is 0 Å². The van der Waals surface area contributed by atoms with Gasteiger partial charge < -0.3 is 10.6 Å². The average molecular weight is 287 g/mol. The van der Waals surface area contributed by atoms with E-state index in [1.807, 2.05) is 22.8 Å². The Morgan fingerprint density at radius 2 is 2.10 bits per heavy atom. The Balaban J connectivity index is 1.69. The van der Waals surface area contributed by atoms with Crippen molar-refractivity contribution in [3.63, 3.8) is 0 Å². The Morgan fingerprint density at radius 3 is 2.76 bits per heavy atom. The van der Waals surface area contributed by atoms with E-state index in [2.05, 4.69) is 28.8 Å². The third kappa shape index (κ3) is 3.09. The monoisotopic (exact) mass is 287 g/mol. The van der Waals surface area contributed by atoms with Crippen LogP contribution in [0.5, 0.6) is 0 Å². The molecule has 5 heteroatoms. The standard InChI is InChI=1S/C16H25N5/c1-12(2)20-8-5-13(6-9-20)10-15-18-16-14(11-17)4-3-7-21(16)19-15/h3-4,7,12-13H,5-6,8-11,17H2,1-2H3. The Morgan fingerprint density at radius 1 is 1.33 bits per heavy atom. The van der Waals surface area contributed by atoms with Gasteiger partial charge in [0, 0.05) is 30.8 Å². The van der Waals surface area contributed by atoms with Crippen molar-refractivity contribution in [1.82, 2.24) is 19.5 Å². The van der Waals surface area contributed by atoms with E-state index < -0.39 is 0 Å². The zero-order valence-electron chi connectivity index (χ0n) is 13.0. The highest BCUT2D eigenvalue weighted by Gasteiger charge is 2.22. The summed E-state index contributed by atoms with van der Waals surface area (Å²) in [4.78, 5) is 7.25. The molecule has 1 fully saturated rings. The maximum Gasteiger partial charge on any atom is 0.160 e. The fraction of sp³-hybridized carbons (Fsp3) is 0.625. The number of nitrogens with two attached hydrogens (primary N) is 1. The quantitative estimate of drug-likeness (QED) is 0.932. The first kappa shape index (κ1) is 14.5. The third-order valence-corrected chi connectivity index (χ3v) is 4.56. The molecule has 2 N–H and O–H groups in total. The largest absolute Gasteiger partial charge is 0.326 e. The lowest BCUT2D eigenvalue weighted by Gasteiger charge is -2.34. The topological polar surface area (TPSA) is 59.5 Å². The molecule has 21 heavy (non-hydrogen) atoms. The Labute approximate surface area is 126 Å². The van der Waals surface area contributed by atoms with Gasteiger partial charge in [0.25, 0.3) is 0 Å². The molecule has 0 radical (unpaired) electrons. The minimum absolute atomic E-state index is 0.509. The highest BCUT2D eigenvalue weighted by Crippen LogP contribution is 2.22. The van der Waals surface area contributed by atoms with Gasteiger partial charge in [-0.15, -0.1) is 0 Å². The van der Waals surface area contributed by atoms with Crippen LogP contribution in [-0.4, -0.2) is 38.6 Å². The number of nitrogens with zero attached hydrogens (tertiary/aromatic N) is 4. The van der Waals surface area contributed by atoms with Crippen molar-refractivity contribution in [1.29, 1.82) is 0 Å². The van der Waals surface area contributed by atoms with Crippen molar-refractivity contribution in [2.24, 2.45) is 11.7 Å². The van der Waals surface area contributed by atoms with Crippen molar-refractivity contribution in [2.75, 3.05) is 13.1 Å². The molecule has 3 rings (SSSR count). The predicted octanol–water partition coefficient (Wildman–Crippen LogP) is 1.85. The van der Waals surface area contributed by atoms with Crippen LogP contribution in [0.3, 0.4) is 0 Å². The van der Waals surface area contributed by atoms with Crippen molar-refractivity contribution in [3.8, 4) is 0 Å². The van der Waals surface area contributed by atoms with Gasteiger partial charge in [0.2, 0.25) is 0 Å². The van der Waals surface area contributed by atoms with Crippen LogP contribution in [0.15, 0.2) is 18.3 Å². The van der Waals surface area contributed by atoms with E-state index in [0.29, 0.717) is 18.5 Å². The summed E-state index contributed by atoms with van der Waals surface area (Å²) < 4.78 is 1.86. The number of aromatic nitrogens is 3. The number of pyridine rings is 1. The smallest absolute Gasteiger partial charge is 0.160 e. The maximum atomic E-state index is 5.77. The molecule has 1 aliphatic rings. The van der Waals surface area contributed by atoms with E-state index in [1.165, 1.54) is 25.9 Å². The van der Waals surface area contributed by atoms with Crippen LogP contribution in [-0.2, 0) is 13.0 Å². The van der Waals surface area contributed by atoms with E-state index in [4.69, 9.17) is 5.73 Å². The number of hydrogen-bond acceptors (Lipinski definition) is 4. The normalized spacial score (nSPS) is 17.9. The number of rotatable bonds is 4. The first-order valence-corrected chi connectivity index (χ1v) is 7.94. The number of hydrogen-bond donors (Lipinski definition) is 1. The van der Waals surface area contributed by atoms with Gasteiger partial charge in [-0.25, -0.2) is 9.50 Å². The highest BCUT2D eigenvalue weighted by atomic mass is 15.3. The second-order valence-corrected chi connectivity index (χ2v) is 6.31. The van der Waals surface area contributed by atoms with Crippen LogP contribution >= 0.6 is 0 Å². The van der Waals surface area contributed by atoms with Gasteiger partial charge in [-0.2, -0.15) is 5.10 Å². The summed E-state index contributed by atoms with van der Waals surface area (Å²) in [5, 5.41) is 4.61. The minimum atomic E-state index is 0.509. The lowest BCUT2D eigenvalue weighted by atomic mass is 9.93. The van der Waals surface area contributed by atoms with Gasteiger partial charge in [0.05, 0.1) is 0 Å². The van der Waals surface area contributed by atoms with Crippen LogP contribution in [0.25, 0.3) is 5.65 Å². The summed E-state index contributed by atoms with van der Waals surface area (Å²) in [5.41, 5.74) is 7.74. The lowest BCUT2D eigenvalue weighted by Crippen LogP contribution is -2.38. The van der Waals surface area contributed by atoms with Crippen LogP contribution in [0.2, 0.25) is 0 Å². The molecule has 2 aromatic heterocycles. The zero-order valence-corrected chi connectivity index (χ0v) is 13.0. The fourth-order valence-corrected chi connectivity index (χ4v) is 3.18. The predicted molar refractivity (Wildman–Crippen MR) is 84.0 cm³/mol. The van der Waals surface area contributed by atoms with E-state index in [0.717, 1.165) is 23.5 Å². The van der Waals surface area contributed by atoms with Crippen LogP contribution in [0.4, 0.5) is 0 Å². The molecule has 0 bridgehead atoms. The summed E-state index contributed by atoms with van der Waals surface area (Å²) in [5.74, 6) is 1.66. The molecule has 0 amide bonds. The number of piperidine rings is 1. The average Bonchev–Trinajstić information content (AvgIpc) is 2.90. The van der Waals surface area contributed by atoms with Crippen molar-refractivity contribution >= 4 is 5.65 Å². The summed E-state index contributed by atoms with van der Waals surface area (Å²) in [6.07, 6.45) is 5.43. The first-order valence-electron chi connectivity index (χ1n) is 7.94. The van der Waals surface area contributed by atoms with Crippen molar-refractivity contribution in [2.45, 2.75) is 45.7 Å². The van der Waals surface area contributed by atoms with E-state index in [-0.39, 0.29) is 0 Å². The second kappa shape index (κ2) is 6.12. The zero-order chi connectivity index (χ0) is 14.8. The molecule has 1 saturated heterocycles. The second-order valence-electron chi connectivity index (χ2n) is 6.31. The van der Waals surface area contributed by atoms with E-state index in [9.17, 15) is 0 Å². The SMILES string of the molecule is CC(C)N1CCC(Cc2nc3c(CN)cccn3n2)CC1. The van der Waals surface area contributed by atoms with Gasteiger partial charge in [-0.05, 0) is 51.8 Å². The molecule has 0 atom stereocenters. The molecule has 0 spiro atoms. The lowest BCUT2D eigenvalue weighted by molar-refractivity contribution is 0.148. The summed E-state index contributed by atoms with van der Waals surface area (Å²) in [7, 11) is 0. The van der Waals surface area contributed by atoms with Crippen LogP contribution in [0, 0.1) is 5.92 Å². The first-order chi connectivity index (χ1) is 10.2. The molecule has 3 heterocycles.